The van der Waals surface area contributed by atoms with Gasteiger partial charge in [0.25, 0.3) is 0 Å². The molecule has 0 amide bonds. The van der Waals surface area contributed by atoms with Gasteiger partial charge >= 0.3 is 0 Å². The Hall–Kier alpha value is -0.190. The van der Waals surface area contributed by atoms with Crippen molar-refractivity contribution in [2.75, 3.05) is 13.2 Å². The molecule has 1 atom stereocenters. The van der Waals surface area contributed by atoms with Gasteiger partial charge in [0.2, 0.25) is 0 Å². The van der Waals surface area contributed by atoms with E-state index in [0.717, 1.165) is 0 Å². The Bertz CT molecular complexity index is 97.0. The van der Waals surface area contributed by atoms with Crippen molar-refractivity contribution in [3.8, 4) is 0 Å². The van der Waals surface area contributed by atoms with Crippen molar-refractivity contribution in [1.29, 1.82) is 0 Å². The number of nitrogens with one attached hydrogen (secondary N) is 1. The summed E-state index contributed by atoms with van der Waals surface area (Å²) in [5.41, 5.74) is 0. The number of aliphatic hydroxyl groups is 2. The van der Waals surface area contributed by atoms with E-state index in [1.807, 2.05) is 0 Å². The van der Waals surface area contributed by atoms with Gasteiger partial charge in [-0.2, -0.15) is 0 Å². The van der Waals surface area contributed by atoms with Gasteiger partial charge in [-0.3, -0.25) is 0 Å². The average molecular weight is 149 g/mol. The molecule has 0 saturated heterocycles. The molecule has 0 aliphatic rings. The van der Waals surface area contributed by atoms with Gasteiger partial charge < -0.3 is 15.5 Å². The second kappa shape index (κ2) is 4.67. The Kier molecular flexibility index (Phi) is 4.57. The summed E-state index contributed by atoms with van der Waals surface area (Å²) in [4.78, 5) is 0.627. The van der Waals surface area contributed by atoms with Gasteiger partial charge in [-0.1, -0.05) is 12.2 Å². The minimum absolute atomic E-state index is 0.227. The highest BCUT2D eigenvalue weighted by Crippen LogP contribution is 1.76. The van der Waals surface area contributed by atoms with E-state index in [2.05, 4.69) is 17.5 Å². The Labute approximate surface area is 59.7 Å². The van der Waals surface area contributed by atoms with Crippen LogP contribution in [-0.4, -0.2) is 34.5 Å². The van der Waals surface area contributed by atoms with Gasteiger partial charge in [-0.25, -0.2) is 0 Å². The molecule has 0 aliphatic carbocycles. The fraction of sp³-hybridized carbons (Fsp3) is 0.800. The van der Waals surface area contributed by atoms with Crippen molar-refractivity contribution in [3.63, 3.8) is 0 Å². The van der Waals surface area contributed by atoms with Gasteiger partial charge in [0, 0.05) is 6.54 Å². The van der Waals surface area contributed by atoms with Crippen molar-refractivity contribution in [2.24, 2.45) is 0 Å². The molecule has 0 heterocycles. The molecule has 0 aromatic rings. The second-order valence-electron chi connectivity index (χ2n) is 1.77. The van der Waals surface area contributed by atoms with Gasteiger partial charge in [-0.05, 0) is 6.92 Å². The van der Waals surface area contributed by atoms with Gasteiger partial charge in [0.05, 0.1) is 17.7 Å². The van der Waals surface area contributed by atoms with Crippen LogP contribution in [0.2, 0.25) is 0 Å². The van der Waals surface area contributed by atoms with Crippen LogP contribution in [0.15, 0.2) is 0 Å². The zero-order valence-electron chi connectivity index (χ0n) is 5.29. The fourth-order valence-corrected chi connectivity index (χ4v) is 0.409. The smallest absolute Gasteiger partial charge is 0.0942 e. The maximum atomic E-state index is 8.73. The van der Waals surface area contributed by atoms with Crippen LogP contribution in [0.5, 0.6) is 0 Å². The molecule has 0 rings (SSSR count). The van der Waals surface area contributed by atoms with E-state index in [-0.39, 0.29) is 6.61 Å². The zero-order chi connectivity index (χ0) is 7.28. The Morgan fingerprint density at radius 1 is 1.78 bits per heavy atom. The van der Waals surface area contributed by atoms with Crippen LogP contribution in [0.1, 0.15) is 6.92 Å². The lowest BCUT2D eigenvalue weighted by molar-refractivity contribution is 0.0983. The molecular weight excluding hydrogens is 138 g/mol. The summed E-state index contributed by atoms with van der Waals surface area (Å²) in [6.45, 7) is 1.82. The topological polar surface area (TPSA) is 52.5 Å². The Balaban J connectivity index is 3.16. The van der Waals surface area contributed by atoms with Crippen LogP contribution in [0, 0.1) is 0 Å². The summed E-state index contributed by atoms with van der Waals surface area (Å²) < 4.78 is 0. The second-order valence-corrected chi connectivity index (χ2v) is 2.39. The number of hydrogen-bond acceptors (Lipinski definition) is 3. The van der Waals surface area contributed by atoms with Crippen LogP contribution in [0.4, 0.5) is 0 Å². The molecule has 3 nitrogen and oxygen atoms in total. The molecule has 4 heteroatoms. The van der Waals surface area contributed by atoms with Crippen molar-refractivity contribution >= 4 is 17.2 Å². The van der Waals surface area contributed by atoms with E-state index in [4.69, 9.17) is 10.2 Å². The molecule has 0 aromatic heterocycles. The predicted octanol–water partition coefficient (Wildman–Crippen LogP) is -0.724. The monoisotopic (exact) mass is 149 g/mol. The van der Waals surface area contributed by atoms with Crippen molar-refractivity contribution in [3.05, 3.63) is 0 Å². The number of hydrogen-bond donors (Lipinski definition) is 3. The first-order valence-electron chi connectivity index (χ1n) is 2.70. The molecule has 54 valence electrons. The third kappa shape index (κ3) is 5.68. The molecular formula is C5H11NO2S. The highest BCUT2D eigenvalue weighted by atomic mass is 32.1. The van der Waals surface area contributed by atoms with Crippen LogP contribution in [0.25, 0.3) is 0 Å². The molecule has 0 saturated carbocycles. The van der Waals surface area contributed by atoms with Crippen LogP contribution < -0.4 is 5.32 Å². The van der Waals surface area contributed by atoms with Crippen LogP contribution >= 0.6 is 12.2 Å². The minimum Gasteiger partial charge on any atom is -0.394 e. The molecule has 0 aliphatic heterocycles. The van der Waals surface area contributed by atoms with Crippen molar-refractivity contribution in [1.82, 2.24) is 5.32 Å². The van der Waals surface area contributed by atoms with E-state index in [0.29, 0.717) is 11.5 Å². The molecule has 0 fully saturated rings. The van der Waals surface area contributed by atoms with E-state index in [1.54, 1.807) is 6.92 Å². The minimum atomic E-state index is -0.706. The molecule has 0 bridgehead atoms. The summed E-state index contributed by atoms with van der Waals surface area (Å²) in [5, 5.41) is 19.8. The predicted molar refractivity (Wildman–Crippen MR) is 39.4 cm³/mol. The number of rotatable bonds is 3. The number of thiocarbonyl (C=S) groups is 1. The summed E-state index contributed by atoms with van der Waals surface area (Å²) in [6, 6.07) is 0. The summed E-state index contributed by atoms with van der Waals surface area (Å²) >= 11 is 4.66. The quantitative estimate of drug-likeness (QED) is 0.463. The van der Waals surface area contributed by atoms with E-state index in [1.165, 1.54) is 0 Å². The molecule has 3 N–H and O–H groups in total. The highest BCUT2D eigenvalue weighted by Gasteiger charge is 1.98. The lowest BCUT2D eigenvalue weighted by Gasteiger charge is -2.07. The van der Waals surface area contributed by atoms with Gasteiger partial charge in [0.1, 0.15) is 0 Å². The molecule has 0 radical (unpaired) electrons. The average Bonchev–Trinajstić information content (AvgIpc) is 1.83. The third-order valence-electron chi connectivity index (χ3n) is 0.797. The first-order chi connectivity index (χ1) is 4.16. The SMILES string of the molecule is CC(=S)NCC(O)CO. The van der Waals surface area contributed by atoms with E-state index >= 15 is 0 Å². The normalized spacial score (nSPS) is 12.8. The zero-order valence-corrected chi connectivity index (χ0v) is 6.11. The summed E-state index contributed by atoms with van der Waals surface area (Å²) in [6.07, 6.45) is -0.706. The molecule has 0 spiro atoms. The maximum Gasteiger partial charge on any atom is 0.0942 e. The first kappa shape index (κ1) is 8.81. The van der Waals surface area contributed by atoms with Crippen molar-refractivity contribution < 1.29 is 10.2 Å². The standard InChI is InChI=1S/C5H11NO2S/c1-4(9)6-2-5(8)3-7/h5,7-8H,2-3H2,1H3,(H,6,9). The largest absolute Gasteiger partial charge is 0.394 e. The summed E-state index contributed by atoms with van der Waals surface area (Å²) in [7, 11) is 0. The summed E-state index contributed by atoms with van der Waals surface area (Å²) in [5.74, 6) is 0. The number of aliphatic hydroxyl groups excluding tert-OH is 2. The van der Waals surface area contributed by atoms with E-state index in [9.17, 15) is 0 Å². The lowest BCUT2D eigenvalue weighted by Crippen LogP contribution is -2.31. The third-order valence-corrected chi connectivity index (χ3v) is 0.942. The van der Waals surface area contributed by atoms with Crippen LogP contribution in [-0.2, 0) is 0 Å². The van der Waals surface area contributed by atoms with Gasteiger partial charge in [0.15, 0.2) is 0 Å². The van der Waals surface area contributed by atoms with E-state index < -0.39 is 6.10 Å². The Morgan fingerprint density at radius 2 is 2.33 bits per heavy atom. The van der Waals surface area contributed by atoms with Crippen molar-refractivity contribution in [2.45, 2.75) is 13.0 Å². The highest BCUT2D eigenvalue weighted by molar-refractivity contribution is 7.80. The molecule has 9 heavy (non-hydrogen) atoms. The van der Waals surface area contributed by atoms with Gasteiger partial charge in [-0.15, -0.1) is 0 Å². The fourth-order valence-electron chi connectivity index (χ4n) is 0.326. The molecule has 1 unspecified atom stereocenters. The van der Waals surface area contributed by atoms with Crippen LogP contribution in [0.3, 0.4) is 0 Å². The maximum absolute atomic E-state index is 8.73. The lowest BCUT2D eigenvalue weighted by atomic mass is 10.4. The molecule has 0 aromatic carbocycles. The Morgan fingerprint density at radius 3 is 2.67 bits per heavy atom. The first-order valence-corrected chi connectivity index (χ1v) is 3.11.